The van der Waals surface area contributed by atoms with Gasteiger partial charge in [0.25, 0.3) is 11.5 Å². The lowest BCUT2D eigenvalue weighted by Crippen LogP contribution is -2.26. The molecule has 0 saturated heterocycles. The summed E-state index contributed by atoms with van der Waals surface area (Å²) in [4.78, 5) is 37.0. The molecule has 7 heteroatoms. The molecule has 0 aliphatic rings. The largest absolute Gasteiger partial charge is 0.451 e. The van der Waals surface area contributed by atoms with Crippen molar-refractivity contribution in [1.29, 1.82) is 0 Å². The maximum Gasteiger partial charge on any atom is 0.359 e. The summed E-state index contributed by atoms with van der Waals surface area (Å²) in [7, 11) is 1.46. The topological polar surface area (TPSA) is 90.3 Å². The van der Waals surface area contributed by atoms with E-state index in [1.165, 1.54) is 7.05 Å². The van der Waals surface area contributed by atoms with Crippen LogP contribution in [0, 0.1) is 0 Å². The number of anilines is 1. The molecule has 3 aromatic rings. The van der Waals surface area contributed by atoms with Crippen molar-refractivity contribution in [1.82, 2.24) is 9.78 Å². The molecule has 2 aromatic carbocycles. The van der Waals surface area contributed by atoms with Gasteiger partial charge in [0.2, 0.25) is 0 Å². The lowest BCUT2D eigenvalue weighted by atomic mass is 9.97. The Kier molecular flexibility index (Phi) is 6.07. The summed E-state index contributed by atoms with van der Waals surface area (Å²) in [6.07, 6.45) is 0.938. The Morgan fingerprint density at radius 3 is 2.48 bits per heavy atom. The van der Waals surface area contributed by atoms with Crippen LogP contribution in [0.15, 0.2) is 53.3 Å². The molecule has 7 nitrogen and oxygen atoms in total. The van der Waals surface area contributed by atoms with E-state index in [2.05, 4.69) is 24.3 Å². The van der Waals surface area contributed by atoms with Gasteiger partial charge in [-0.2, -0.15) is 5.10 Å². The zero-order valence-electron chi connectivity index (χ0n) is 16.6. The van der Waals surface area contributed by atoms with Crippen LogP contribution < -0.4 is 10.9 Å². The molecule has 0 saturated carbocycles. The summed E-state index contributed by atoms with van der Waals surface area (Å²) in [6, 6.07) is 14.2. The number of hydrogen-bond donors (Lipinski definition) is 1. The van der Waals surface area contributed by atoms with Gasteiger partial charge in [-0.05, 0) is 30.0 Å². The fourth-order valence-electron chi connectivity index (χ4n) is 3.10. The molecule has 0 radical (unpaired) electrons. The average Bonchev–Trinajstić information content (AvgIpc) is 2.74. The molecule has 0 fully saturated rings. The summed E-state index contributed by atoms with van der Waals surface area (Å²) in [5, 5.41) is 7.56. The Bertz CT molecular complexity index is 1120. The number of aryl methyl sites for hydroxylation is 1. The van der Waals surface area contributed by atoms with E-state index in [1.807, 2.05) is 24.3 Å². The number of nitrogens with zero attached hydrogens (tertiary/aromatic N) is 2. The molecule has 1 atom stereocenters. The smallest absolute Gasteiger partial charge is 0.359 e. The van der Waals surface area contributed by atoms with Crippen LogP contribution in [0.4, 0.5) is 5.69 Å². The van der Waals surface area contributed by atoms with Crippen molar-refractivity contribution in [3.8, 4) is 0 Å². The molecule has 3 rings (SSSR count). The van der Waals surface area contributed by atoms with Crippen LogP contribution in [0.5, 0.6) is 0 Å². The zero-order valence-corrected chi connectivity index (χ0v) is 16.6. The number of fused-ring (bicyclic) bond motifs is 1. The van der Waals surface area contributed by atoms with E-state index < -0.39 is 18.5 Å². The molecule has 0 unspecified atom stereocenters. The summed E-state index contributed by atoms with van der Waals surface area (Å²) in [5.74, 6) is -0.916. The van der Waals surface area contributed by atoms with E-state index in [9.17, 15) is 14.4 Å². The number of hydrogen-bond acceptors (Lipinski definition) is 5. The molecular weight excluding hydrogens is 370 g/mol. The first-order valence-electron chi connectivity index (χ1n) is 9.44. The number of rotatable bonds is 6. The predicted molar refractivity (Wildman–Crippen MR) is 111 cm³/mol. The van der Waals surface area contributed by atoms with Crippen molar-refractivity contribution in [2.24, 2.45) is 7.05 Å². The summed E-state index contributed by atoms with van der Waals surface area (Å²) < 4.78 is 6.25. The van der Waals surface area contributed by atoms with Gasteiger partial charge in [0.05, 0.1) is 5.39 Å². The van der Waals surface area contributed by atoms with Gasteiger partial charge in [-0.3, -0.25) is 9.59 Å². The van der Waals surface area contributed by atoms with E-state index >= 15 is 0 Å². The normalized spacial score (nSPS) is 11.8. The van der Waals surface area contributed by atoms with Gasteiger partial charge in [-0.25, -0.2) is 9.48 Å². The van der Waals surface area contributed by atoms with Crippen molar-refractivity contribution in [3.05, 3.63) is 70.1 Å². The second-order valence-corrected chi connectivity index (χ2v) is 6.84. The molecule has 1 aromatic heterocycles. The average molecular weight is 393 g/mol. The fraction of sp³-hybridized carbons (Fsp3) is 0.273. The first kappa shape index (κ1) is 20.3. The Morgan fingerprint density at radius 1 is 1.10 bits per heavy atom. The van der Waals surface area contributed by atoms with E-state index in [-0.39, 0.29) is 17.2 Å². The van der Waals surface area contributed by atoms with Crippen LogP contribution in [0.25, 0.3) is 10.8 Å². The van der Waals surface area contributed by atoms with Crippen LogP contribution in [0.2, 0.25) is 0 Å². The number of amides is 1. The Balaban J connectivity index is 1.74. The number of carbonyl (C=O) groups is 2. The summed E-state index contributed by atoms with van der Waals surface area (Å²) in [5.41, 5.74) is 1.42. The lowest BCUT2D eigenvalue weighted by molar-refractivity contribution is -0.119. The highest BCUT2D eigenvalue weighted by molar-refractivity contribution is 6.03. The van der Waals surface area contributed by atoms with Crippen molar-refractivity contribution < 1.29 is 14.3 Å². The first-order chi connectivity index (χ1) is 13.9. The third-order valence-corrected chi connectivity index (χ3v) is 4.86. The Labute approximate surface area is 168 Å². The van der Waals surface area contributed by atoms with Crippen LogP contribution in [-0.2, 0) is 16.6 Å². The lowest BCUT2D eigenvalue weighted by Gasteiger charge is -2.15. The third-order valence-electron chi connectivity index (χ3n) is 4.86. The minimum atomic E-state index is -0.762. The summed E-state index contributed by atoms with van der Waals surface area (Å²) >= 11 is 0. The first-order valence-corrected chi connectivity index (χ1v) is 9.44. The van der Waals surface area contributed by atoms with Gasteiger partial charge in [0, 0.05) is 18.1 Å². The standard InChI is InChI=1S/C22H23N3O4/c1-4-14(2)15-9-7-8-12-18(15)23-19(26)13-29-22(28)20-16-10-5-6-11-17(16)21(27)25(3)24-20/h5-12,14H,4,13H2,1-3H3,(H,23,26)/t14-/m0/s1. The molecule has 0 bridgehead atoms. The van der Waals surface area contributed by atoms with Gasteiger partial charge in [-0.1, -0.05) is 50.2 Å². The highest BCUT2D eigenvalue weighted by Crippen LogP contribution is 2.26. The second-order valence-electron chi connectivity index (χ2n) is 6.84. The number of esters is 1. The SMILES string of the molecule is CC[C@H](C)c1ccccc1NC(=O)COC(=O)c1nn(C)c(=O)c2ccccc12. The molecule has 1 amide bonds. The van der Waals surface area contributed by atoms with Crippen molar-refractivity contribution in [2.75, 3.05) is 11.9 Å². The fourth-order valence-corrected chi connectivity index (χ4v) is 3.10. The maximum atomic E-state index is 12.5. The second kappa shape index (κ2) is 8.68. The monoisotopic (exact) mass is 393 g/mol. The Morgan fingerprint density at radius 2 is 1.76 bits per heavy atom. The number of para-hydroxylation sites is 1. The van der Waals surface area contributed by atoms with E-state index in [0.717, 1.165) is 16.7 Å². The van der Waals surface area contributed by atoms with Crippen molar-refractivity contribution in [2.45, 2.75) is 26.2 Å². The van der Waals surface area contributed by atoms with E-state index in [4.69, 9.17) is 4.74 Å². The van der Waals surface area contributed by atoms with Crippen molar-refractivity contribution in [3.63, 3.8) is 0 Å². The highest BCUT2D eigenvalue weighted by atomic mass is 16.5. The molecule has 150 valence electrons. The van der Waals surface area contributed by atoms with Crippen molar-refractivity contribution >= 4 is 28.3 Å². The zero-order chi connectivity index (χ0) is 21.0. The minimum absolute atomic E-state index is 0.00416. The van der Waals surface area contributed by atoms with E-state index in [0.29, 0.717) is 16.5 Å². The minimum Gasteiger partial charge on any atom is -0.451 e. The van der Waals surface area contributed by atoms with Crippen LogP contribution in [0.1, 0.15) is 42.2 Å². The molecular formula is C22H23N3O4. The maximum absolute atomic E-state index is 12.5. The highest BCUT2D eigenvalue weighted by Gasteiger charge is 2.18. The molecule has 0 aliphatic carbocycles. The Hall–Kier alpha value is -3.48. The number of benzene rings is 2. The molecule has 0 aliphatic heterocycles. The van der Waals surface area contributed by atoms with Crippen LogP contribution in [-0.4, -0.2) is 28.3 Å². The number of nitrogens with one attached hydrogen (secondary N) is 1. The molecule has 29 heavy (non-hydrogen) atoms. The molecule has 1 heterocycles. The van der Waals surface area contributed by atoms with Crippen LogP contribution in [0.3, 0.4) is 0 Å². The van der Waals surface area contributed by atoms with Crippen LogP contribution >= 0.6 is 0 Å². The molecule has 0 spiro atoms. The number of ether oxygens (including phenoxy) is 1. The van der Waals surface area contributed by atoms with Gasteiger partial charge in [-0.15, -0.1) is 0 Å². The number of carbonyl (C=O) groups excluding carboxylic acids is 2. The summed E-state index contributed by atoms with van der Waals surface area (Å²) in [6.45, 7) is 3.71. The van der Waals surface area contributed by atoms with Gasteiger partial charge < -0.3 is 10.1 Å². The third kappa shape index (κ3) is 4.34. The van der Waals surface area contributed by atoms with Gasteiger partial charge >= 0.3 is 5.97 Å². The predicted octanol–water partition coefficient (Wildman–Crippen LogP) is 3.24. The van der Waals surface area contributed by atoms with E-state index in [1.54, 1.807) is 24.3 Å². The van der Waals surface area contributed by atoms with Gasteiger partial charge in [0.15, 0.2) is 12.3 Å². The van der Waals surface area contributed by atoms with Gasteiger partial charge in [0.1, 0.15) is 0 Å². The number of aromatic nitrogens is 2. The molecule has 1 N–H and O–H groups in total. The quantitative estimate of drug-likeness (QED) is 0.649.